The molecule has 28 heavy (non-hydrogen) atoms. The number of carbonyl (C=O) groups is 2. The van der Waals surface area contributed by atoms with Crippen LogP contribution >= 0.6 is 0 Å². The third-order valence-electron chi connectivity index (χ3n) is 4.06. The molecule has 0 saturated carbocycles. The van der Waals surface area contributed by atoms with E-state index in [1.165, 1.54) is 39.5 Å². The quantitative estimate of drug-likeness (QED) is 0.372. The number of carboxylic acid groups (broad SMARTS) is 1. The van der Waals surface area contributed by atoms with Crippen LogP contribution in [0.2, 0.25) is 0 Å². The molecule has 0 amide bonds. The normalized spacial score (nSPS) is 17.9. The molecule has 2 rings (SSSR count). The molecule has 0 bridgehead atoms. The van der Waals surface area contributed by atoms with E-state index in [2.05, 4.69) is 4.74 Å². The second kappa shape index (κ2) is 8.53. The third kappa shape index (κ3) is 4.12. The Balaban J connectivity index is 2.41. The van der Waals surface area contributed by atoms with Crippen molar-refractivity contribution >= 4 is 18.0 Å². The molecule has 4 N–H and O–H groups in total. The molecule has 1 aliphatic heterocycles. The molecule has 1 aliphatic rings. The lowest BCUT2D eigenvalue weighted by Gasteiger charge is -2.18. The van der Waals surface area contributed by atoms with Gasteiger partial charge in [-0.3, -0.25) is 0 Å². The predicted molar refractivity (Wildman–Crippen MR) is 94.5 cm³/mol. The van der Waals surface area contributed by atoms with Crippen molar-refractivity contribution in [3.05, 3.63) is 34.8 Å². The average Bonchev–Trinajstić information content (AvgIpc) is 2.94. The van der Waals surface area contributed by atoms with Crippen molar-refractivity contribution in [3.8, 4) is 17.2 Å². The average molecular weight is 396 g/mol. The number of rotatable bonds is 8. The number of carboxylic acids is 1. The van der Waals surface area contributed by atoms with Gasteiger partial charge in [0.1, 0.15) is 23.4 Å². The summed E-state index contributed by atoms with van der Waals surface area (Å²) in [5.74, 6) is -3.51. The predicted octanol–water partition coefficient (Wildman–Crippen LogP) is 1.18. The van der Waals surface area contributed by atoms with Gasteiger partial charge in [-0.2, -0.15) is 0 Å². The Kier molecular flexibility index (Phi) is 6.37. The number of aliphatic carboxylic acids is 1. The van der Waals surface area contributed by atoms with Crippen LogP contribution in [0.5, 0.6) is 17.2 Å². The number of hydrogen-bond acceptors (Lipinski definition) is 9. The van der Waals surface area contributed by atoms with Crippen molar-refractivity contribution in [2.24, 2.45) is 0 Å². The SMILES string of the molecule is COc1cc(OC)c(/C=C(\CC(O)[C@H]2OC(=O)C(O)=C2O)C(=O)O)c(OC)c1. The Morgan fingerprint density at radius 2 is 1.75 bits per heavy atom. The first kappa shape index (κ1) is 20.9. The maximum Gasteiger partial charge on any atom is 0.377 e. The van der Waals surface area contributed by atoms with E-state index in [1.54, 1.807) is 0 Å². The number of hydrogen-bond donors (Lipinski definition) is 4. The van der Waals surface area contributed by atoms with Gasteiger partial charge < -0.3 is 39.4 Å². The second-order valence-electron chi connectivity index (χ2n) is 5.75. The van der Waals surface area contributed by atoms with Crippen LogP contribution in [0.1, 0.15) is 12.0 Å². The van der Waals surface area contributed by atoms with Gasteiger partial charge in [0.25, 0.3) is 0 Å². The van der Waals surface area contributed by atoms with E-state index >= 15 is 0 Å². The number of aliphatic hydroxyl groups excluding tert-OH is 3. The van der Waals surface area contributed by atoms with Gasteiger partial charge in [-0.15, -0.1) is 0 Å². The van der Waals surface area contributed by atoms with Crippen molar-refractivity contribution in [1.82, 2.24) is 0 Å². The summed E-state index contributed by atoms with van der Waals surface area (Å²) in [6, 6.07) is 3.05. The Bertz CT molecular complexity index is 814. The molecular weight excluding hydrogens is 376 g/mol. The standard InChI is InChI=1S/C18H20O10/c1-25-9-6-12(26-2)10(13(7-9)27-3)4-8(17(22)23)5-11(19)16-14(20)15(21)18(24)28-16/h4,6-7,11,16,19-21H,5H2,1-3H3,(H,22,23)/b8-4+/t11?,16-/m1/s1. The number of cyclic esters (lactones) is 1. The number of carbonyl (C=O) groups excluding carboxylic acids is 1. The first-order valence-corrected chi connectivity index (χ1v) is 7.98. The van der Waals surface area contributed by atoms with Gasteiger partial charge in [0.05, 0.1) is 26.9 Å². The fourth-order valence-corrected chi connectivity index (χ4v) is 2.62. The van der Waals surface area contributed by atoms with Crippen molar-refractivity contribution in [2.75, 3.05) is 21.3 Å². The highest BCUT2D eigenvalue weighted by Crippen LogP contribution is 2.36. The van der Waals surface area contributed by atoms with Crippen LogP contribution in [0.3, 0.4) is 0 Å². The van der Waals surface area contributed by atoms with Gasteiger partial charge in [0.15, 0.2) is 11.9 Å². The first-order chi connectivity index (χ1) is 13.2. The lowest BCUT2D eigenvalue weighted by molar-refractivity contribution is -0.146. The molecule has 1 heterocycles. The summed E-state index contributed by atoms with van der Waals surface area (Å²) in [5.41, 5.74) is -0.00839. The van der Waals surface area contributed by atoms with Crippen LogP contribution in [0.15, 0.2) is 29.2 Å². The lowest BCUT2D eigenvalue weighted by Crippen LogP contribution is -2.30. The van der Waals surface area contributed by atoms with E-state index in [0.717, 1.165) is 0 Å². The molecule has 0 saturated heterocycles. The molecule has 0 radical (unpaired) electrons. The van der Waals surface area contributed by atoms with Crippen LogP contribution in [0.25, 0.3) is 6.08 Å². The molecule has 0 fully saturated rings. The maximum absolute atomic E-state index is 11.7. The van der Waals surface area contributed by atoms with E-state index in [9.17, 15) is 30.0 Å². The minimum Gasteiger partial charge on any atom is -0.505 e. The summed E-state index contributed by atoms with van der Waals surface area (Å²) in [7, 11) is 4.20. The van der Waals surface area contributed by atoms with Crippen LogP contribution < -0.4 is 14.2 Å². The number of ether oxygens (including phenoxy) is 4. The van der Waals surface area contributed by atoms with Gasteiger partial charge >= 0.3 is 11.9 Å². The van der Waals surface area contributed by atoms with E-state index < -0.39 is 42.1 Å². The Hall–Kier alpha value is -3.40. The summed E-state index contributed by atoms with van der Waals surface area (Å²) < 4.78 is 20.3. The van der Waals surface area contributed by atoms with Crippen LogP contribution in [0, 0.1) is 0 Å². The zero-order chi connectivity index (χ0) is 21.0. The topological polar surface area (TPSA) is 152 Å². The Labute approximate surface area is 159 Å². The zero-order valence-corrected chi connectivity index (χ0v) is 15.3. The molecule has 2 atom stereocenters. The number of esters is 1. The first-order valence-electron chi connectivity index (χ1n) is 7.98. The Morgan fingerprint density at radius 1 is 1.18 bits per heavy atom. The van der Waals surface area contributed by atoms with Gasteiger partial charge in [-0.05, 0) is 6.08 Å². The van der Waals surface area contributed by atoms with E-state index in [4.69, 9.17) is 14.2 Å². The fraction of sp³-hybridized carbons (Fsp3) is 0.333. The lowest BCUT2D eigenvalue weighted by atomic mass is 10.00. The largest absolute Gasteiger partial charge is 0.505 e. The molecule has 1 unspecified atom stereocenters. The van der Waals surface area contributed by atoms with Crippen LogP contribution in [-0.2, 0) is 14.3 Å². The van der Waals surface area contributed by atoms with Crippen molar-refractivity contribution in [1.29, 1.82) is 0 Å². The molecule has 152 valence electrons. The summed E-state index contributed by atoms with van der Waals surface area (Å²) in [5, 5.41) is 38.7. The van der Waals surface area contributed by atoms with Gasteiger partial charge in [-0.25, -0.2) is 9.59 Å². The molecule has 10 nitrogen and oxygen atoms in total. The maximum atomic E-state index is 11.7. The summed E-state index contributed by atoms with van der Waals surface area (Å²) in [4.78, 5) is 22.9. The molecule has 0 spiro atoms. The van der Waals surface area contributed by atoms with Gasteiger partial charge in [0, 0.05) is 24.1 Å². The van der Waals surface area contributed by atoms with Gasteiger partial charge in [0.2, 0.25) is 5.76 Å². The molecule has 1 aromatic carbocycles. The molecule has 10 heteroatoms. The highest BCUT2D eigenvalue weighted by atomic mass is 16.6. The fourth-order valence-electron chi connectivity index (χ4n) is 2.62. The molecular formula is C18H20O10. The number of benzene rings is 1. The zero-order valence-electron chi connectivity index (χ0n) is 15.3. The summed E-state index contributed by atoms with van der Waals surface area (Å²) in [6.07, 6.45) is -2.48. The number of methoxy groups -OCH3 is 3. The van der Waals surface area contributed by atoms with Crippen LogP contribution in [0.4, 0.5) is 0 Å². The summed E-state index contributed by atoms with van der Waals surface area (Å²) in [6.45, 7) is 0. The minimum atomic E-state index is -1.62. The highest BCUT2D eigenvalue weighted by molar-refractivity contribution is 5.93. The third-order valence-corrected chi connectivity index (χ3v) is 4.06. The molecule has 1 aromatic rings. The number of aliphatic hydroxyl groups is 3. The summed E-state index contributed by atoms with van der Waals surface area (Å²) >= 11 is 0. The van der Waals surface area contributed by atoms with E-state index in [-0.39, 0.29) is 22.6 Å². The van der Waals surface area contributed by atoms with Crippen molar-refractivity contribution in [3.63, 3.8) is 0 Å². The highest BCUT2D eigenvalue weighted by Gasteiger charge is 2.39. The second-order valence-corrected chi connectivity index (χ2v) is 5.75. The van der Waals surface area contributed by atoms with E-state index in [0.29, 0.717) is 5.75 Å². The van der Waals surface area contributed by atoms with Crippen molar-refractivity contribution in [2.45, 2.75) is 18.6 Å². The van der Waals surface area contributed by atoms with Crippen LogP contribution in [-0.4, -0.2) is 65.9 Å². The monoisotopic (exact) mass is 396 g/mol. The minimum absolute atomic E-state index is 0.261. The smallest absolute Gasteiger partial charge is 0.377 e. The van der Waals surface area contributed by atoms with E-state index in [1.807, 2.05) is 0 Å². The Morgan fingerprint density at radius 3 is 2.14 bits per heavy atom. The van der Waals surface area contributed by atoms with Gasteiger partial charge in [-0.1, -0.05) is 0 Å². The molecule has 0 aromatic heterocycles. The molecule has 0 aliphatic carbocycles. The van der Waals surface area contributed by atoms with Crippen molar-refractivity contribution < 1.29 is 49.0 Å².